The Morgan fingerprint density at radius 1 is 0.878 bits per heavy atom. The summed E-state index contributed by atoms with van der Waals surface area (Å²) in [7, 11) is 3.34. The number of nitrogens with one attached hydrogen (secondary N) is 1. The Kier molecular flexibility index (Phi) is 17.5. The topological polar surface area (TPSA) is 212 Å². The lowest BCUT2D eigenvalue weighted by Crippen LogP contribution is -2.25. The fourth-order valence-electron chi connectivity index (χ4n) is 12.3. The van der Waals surface area contributed by atoms with Gasteiger partial charge in [-0.05, 0) is 163 Å². The normalized spacial score (nSPS) is 24.9. The first-order valence-electron chi connectivity index (χ1n) is 26.4. The third kappa shape index (κ3) is 12.7. The molecule has 10 N–H and O–H groups in total. The Bertz CT molecular complexity index is 2900. The van der Waals surface area contributed by atoms with E-state index in [1.54, 1.807) is 64.2 Å². The van der Waals surface area contributed by atoms with Gasteiger partial charge in [-0.1, -0.05) is 88.0 Å². The summed E-state index contributed by atoms with van der Waals surface area (Å²) in [6.07, 6.45) is 11.3. The predicted molar refractivity (Wildman–Crippen MR) is 294 cm³/mol. The number of carbonyl (C=O) groups excluding carboxylic acids is 2. The predicted octanol–water partition coefficient (Wildman–Crippen LogP) is 9.88. The van der Waals surface area contributed by atoms with Gasteiger partial charge in [0.25, 0.3) is 0 Å². The molecule has 2 heterocycles. The number of nitrogens with two attached hydrogens (primary N) is 2. The first kappa shape index (κ1) is 53.5. The van der Waals surface area contributed by atoms with E-state index < -0.39 is 29.7 Å². The Morgan fingerprint density at radius 2 is 1.69 bits per heavy atom. The molecule has 4 aliphatic rings. The summed E-state index contributed by atoms with van der Waals surface area (Å²) in [5, 5.41) is 55.8. The van der Waals surface area contributed by atoms with E-state index in [0.29, 0.717) is 78.4 Å². The van der Waals surface area contributed by atoms with Gasteiger partial charge in [0.2, 0.25) is 0 Å². The molecule has 1 fully saturated rings. The van der Waals surface area contributed by atoms with Gasteiger partial charge >= 0.3 is 0 Å². The van der Waals surface area contributed by atoms with E-state index in [0.717, 1.165) is 65.6 Å². The maximum atomic E-state index is 14.3. The summed E-state index contributed by atoms with van der Waals surface area (Å²) in [6, 6.07) is 24.8. The summed E-state index contributed by atoms with van der Waals surface area (Å²) >= 11 is 0. The molecule has 1 aliphatic heterocycles. The summed E-state index contributed by atoms with van der Waals surface area (Å²) in [6.45, 7) is 2.18. The summed E-state index contributed by atoms with van der Waals surface area (Å²) in [5.74, 6) is 8.05. The van der Waals surface area contributed by atoms with E-state index in [1.807, 2.05) is 31.2 Å². The number of phenolic OH excluding ortho intramolecular Hbond substituents is 2. The Balaban J connectivity index is 1.04. The van der Waals surface area contributed by atoms with Crippen molar-refractivity contribution in [2.75, 3.05) is 19.0 Å². The number of aliphatic hydroxyl groups excluding tert-OH is 3. The molecule has 390 valence electrons. The number of fused-ring (bicyclic) bond motifs is 10. The van der Waals surface area contributed by atoms with Crippen LogP contribution in [0.4, 0.5) is 0 Å². The number of aromatic hydroxyl groups is 2. The van der Waals surface area contributed by atoms with E-state index in [1.165, 1.54) is 11.1 Å². The van der Waals surface area contributed by atoms with Crippen LogP contribution in [-0.2, 0) is 36.2 Å². The number of aromatic amines is 1. The summed E-state index contributed by atoms with van der Waals surface area (Å²) in [5.41, 5.74) is 21.8. The molecule has 1 aromatic heterocycles. The van der Waals surface area contributed by atoms with Crippen LogP contribution in [0.3, 0.4) is 0 Å². The van der Waals surface area contributed by atoms with Gasteiger partial charge in [0.15, 0.2) is 23.1 Å². The van der Waals surface area contributed by atoms with Gasteiger partial charge in [0.05, 0.1) is 31.4 Å². The van der Waals surface area contributed by atoms with E-state index in [4.69, 9.17) is 16.2 Å². The number of H-pyrrole nitrogens is 1. The molecule has 13 heteroatoms. The molecule has 8 atom stereocenters. The van der Waals surface area contributed by atoms with Gasteiger partial charge in [-0.25, -0.2) is 0 Å². The second-order valence-electron chi connectivity index (χ2n) is 21.4. The summed E-state index contributed by atoms with van der Waals surface area (Å²) in [4.78, 5) is 31.3. The van der Waals surface area contributed by atoms with Crippen LogP contribution in [0, 0.1) is 35.0 Å². The quantitative estimate of drug-likeness (QED) is 0.0316. The second kappa shape index (κ2) is 24.1. The molecule has 74 heavy (non-hydrogen) atoms. The zero-order chi connectivity index (χ0) is 51.9. The molecule has 0 saturated heterocycles. The number of ketones is 2. The van der Waals surface area contributed by atoms with Gasteiger partial charge in [-0.3, -0.25) is 9.59 Å². The summed E-state index contributed by atoms with van der Waals surface area (Å²) < 4.78 is 6.19. The van der Waals surface area contributed by atoms with Crippen LogP contribution in [0.2, 0.25) is 0 Å². The van der Waals surface area contributed by atoms with Gasteiger partial charge in [-0.15, -0.1) is 0 Å². The van der Waals surface area contributed by atoms with Crippen LogP contribution in [0.5, 0.6) is 17.2 Å². The molecule has 9 rings (SSSR count). The largest absolute Gasteiger partial charge is 0.508 e. The average Bonchev–Trinajstić information content (AvgIpc) is 3.93. The average molecular weight is 1040 g/mol. The highest BCUT2D eigenvalue weighted by Gasteiger charge is 2.44. The van der Waals surface area contributed by atoms with Crippen LogP contribution in [-0.4, -0.2) is 73.3 Å². The van der Waals surface area contributed by atoms with Gasteiger partial charge in [0, 0.05) is 77.8 Å². The molecule has 8 bridgehead atoms. The number of benzene rings is 4. The molecular weight excluding hydrogens is 967 g/mol. The molecule has 4 aromatic carbocycles. The van der Waals surface area contributed by atoms with Crippen molar-refractivity contribution in [2.45, 2.75) is 126 Å². The van der Waals surface area contributed by atoms with Crippen LogP contribution >= 0.6 is 21.6 Å². The zero-order valence-corrected chi connectivity index (χ0v) is 43.9. The van der Waals surface area contributed by atoms with E-state index in [9.17, 15) is 35.1 Å². The number of hydrogen-bond acceptors (Lipinski definition) is 12. The number of aryl methyl sites for hydroxylation is 1. The lowest BCUT2D eigenvalue weighted by atomic mass is 9.73. The molecule has 1 saturated carbocycles. The highest BCUT2D eigenvalue weighted by atomic mass is 33.1. The number of rotatable bonds is 8. The molecule has 3 aliphatic carbocycles. The lowest BCUT2D eigenvalue weighted by Gasteiger charge is -2.32. The van der Waals surface area contributed by atoms with Gasteiger partial charge in [0.1, 0.15) is 5.75 Å². The third-order valence-electron chi connectivity index (χ3n) is 16.3. The second-order valence-corrected chi connectivity index (χ2v) is 23.9. The molecule has 0 unspecified atom stereocenters. The third-order valence-corrected chi connectivity index (χ3v) is 18.7. The highest BCUT2D eigenvalue weighted by molar-refractivity contribution is 8.76. The molecule has 0 amide bonds. The minimum Gasteiger partial charge on any atom is -0.508 e. The van der Waals surface area contributed by atoms with Crippen molar-refractivity contribution < 1.29 is 39.9 Å². The molecular formula is C61H71N3O8S2. The molecule has 11 nitrogen and oxygen atoms in total. The first-order chi connectivity index (χ1) is 35.8. The maximum Gasteiger partial charge on any atom is 0.165 e. The standard InChI is InChI=1S/C61H71N3O8S2/c1-37(66)25-41(40-12-13-44(34-65)48-7-3-2-5-42(48)28-40)17-21-61-22-18-47(67)14-9-38-11-16-56(69)59(27-38)72-24-20-39-10-15-55(68)53(26-39)52-31-57(70)49-19-23-64-54(49)8-4-6-43-29-51(60(62)63)45(30-50(43)52)35-73-74-36-46(32-61)58(71)33-61/h2-3,5,7,10-11,15-16,18-19,22-23,26-27,29-30,37,40-41,44,46,52,58,60,64-66,68-69,71H,8-9,12-14,17,20-21,24-25,28,31-36,62-63H2,1H3/b22-18+/t37-,40-,41-,44-,46-,52-,58-,61+/m0/s1. The number of ether oxygens (including phenoxy) is 1. The van der Waals surface area contributed by atoms with Crippen molar-refractivity contribution in [3.8, 4) is 29.1 Å². The zero-order valence-electron chi connectivity index (χ0n) is 42.3. The maximum absolute atomic E-state index is 14.3. The first-order valence-corrected chi connectivity index (χ1v) is 28.9. The fourth-order valence-corrected chi connectivity index (χ4v) is 14.8. The van der Waals surface area contributed by atoms with Crippen molar-refractivity contribution in [3.05, 3.63) is 159 Å². The van der Waals surface area contributed by atoms with Crippen molar-refractivity contribution in [3.63, 3.8) is 0 Å². The van der Waals surface area contributed by atoms with Crippen molar-refractivity contribution in [1.29, 1.82) is 0 Å². The monoisotopic (exact) mass is 1040 g/mol. The molecule has 0 spiro atoms. The number of aromatic nitrogens is 1. The molecule has 5 aromatic rings. The van der Waals surface area contributed by atoms with Crippen LogP contribution in [0.25, 0.3) is 0 Å². The smallest absolute Gasteiger partial charge is 0.165 e. The fraction of sp³-hybridized carbons (Fsp3) is 0.443. The minimum absolute atomic E-state index is 0.0132. The Morgan fingerprint density at radius 3 is 2.50 bits per heavy atom. The number of carbonyl (C=O) groups is 2. The lowest BCUT2D eigenvalue weighted by molar-refractivity contribution is -0.114. The van der Waals surface area contributed by atoms with Crippen LogP contribution in [0.15, 0.2) is 97.2 Å². The number of Topliss-reactive ketones (excluding diaryl/α,β-unsaturated/α-hetero) is 1. The van der Waals surface area contributed by atoms with E-state index >= 15 is 0 Å². The number of hydrogen-bond donors (Lipinski definition) is 8. The SMILES string of the molecule is C[C@H](O)C[C@H](CC[C@@]12/C=C/C(=O)CCc3ccc(O)c(c3)OCCc3ccc(O)c(c3)[C@H]3CC(=O)c4cc[nH]c4CC#Cc4cc(C(N)N)c(cc43)CSSC[C@H](C1)[C@@H](O)C2)[C@H]1CC[C@@H](CO)c2ccccc2C1. The Labute approximate surface area is 443 Å². The van der Waals surface area contributed by atoms with Gasteiger partial charge < -0.3 is 46.7 Å². The van der Waals surface area contributed by atoms with Crippen molar-refractivity contribution in [2.24, 2.45) is 34.6 Å². The Hall–Kier alpha value is -5.30. The van der Waals surface area contributed by atoms with Crippen LogP contribution in [0.1, 0.15) is 149 Å². The number of phenols is 2. The highest BCUT2D eigenvalue weighted by Crippen LogP contribution is 2.51. The van der Waals surface area contributed by atoms with Gasteiger partial charge in [-0.2, -0.15) is 0 Å². The number of aliphatic hydroxyl groups is 3. The van der Waals surface area contributed by atoms with Crippen LogP contribution < -0.4 is 16.2 Å². The number of allylic oxidation sites excluding steroid dienone is 2. The molecule has 0 radical (unpaired) electrons. The van der Waals surface area contributed by atoms with Crippen molar-refractivity contribution in [1.82, 2.24) is 4.98 Å². The van der Waals surface area contributed by atoms with Crippen molar-refractivity contribution >= 4 is 33.2 Å². The van der Waals surface area contributed by atoms with E-state index in [-0.39, 0.29) is 66.9 Å². The minimum atomic E-state index is -0.811. The van der Waals surface area contributed by atoms with E-state index in [2.05, 4.69) is 47.2 Å².